The second-order valence-corrected chi connectivity index (χ2v) is 4.39. The molecule has 0 aliphatic carbocycles. The Balaban J connectivity index is 2.11. The second kappa shape index (κ2) is 7.47. The molecule has 1 aromatic heterocycles. The van der Waals surface area contributed by atoms with Gasteiger partial charge in [-0.1, -0.05) is 13.3 Å². The van der Waals surface area contributed by atoms with E-state index in [0.717, 1.165) is 13.1 Å². The van der Waals surface area contributed by atoms with Crippen LogP contribution in [0.15, 0.2) is 23.0 Å². The van der Waals surface area contributed by atoms with Gasteiger partial charge in [-0.25, -0.2) is 0 Å². The van der Waals surface area contributed by atoms with Crippen molar-refractivity contribution in [2.45, 2.75) is 32.7 Å². The standard InChI is InChI=1S/C13H24N2O/c1-4-5-8-15(3)9-7-14-12(2)13-6-10-16-11-13/h6,10-12,14H,4-5,7-9H2,1-3H3. The van der Waals surface area contributed by atoms with E-state index < -0.39 is 0 Å². The number of unbranched alkanes of at least 4 members (excludes halogenated alkanes) is 1. The van der Waals surface area contributed by atoms with Crippen LogP contribution in [-0.2, 0) is 0 Å². The molecule has 0 saturated heterocycles. The topological polar surface area (TPSA) is 28.4 Å². The average molecular weight is 224 g/mol. The van der Waals surface area contributed by atoms with Crippen LogP contribution < -0.4 is 5.32 Å². The number of furan rings is 1. The highest BCUT2D eigenvalue weighted by Gasteiger charge is 2.05. The monoisotopic (exact) mass is 224 g/mol. The van der Waals surface area contributed by atoms with Gasteiger partial charge in [-0.05, 0) is 33.0 Å². The minimum atomic E-state index is 0.373. The third-order valence-electron chi connectivity index (χ3n) is 2.88. The van der Waals surface area contributed by atoms with Crippen LogP contribution in [0, 0.1) is 0 Å². The molecule has 3 heteroatoms. The maximum absolute atomic E-state index is 5.07. The molecule has 1 heterocycles. The lowest BCUT2D eigenvalue weighted by atomic mass is 10.2. The van der Waals surface area contributed by atoms with E-state index in [1.807, 2.05) is 6.07 Å². The molecule has 0 aliphatic rings. The third-order valence-corrected chi connectivity index (χ3v) is 2.88. The molecule has 1 unspecified atom stereocenters. The zero-order valence-corrected chi connectivity index (χ0v) is 10.7. The van der Waals surface area contributed by atoms with Crippen LogP contribution in [-0.4, -0.2) is 31.6 Å². The largest absolute Gasteiger partial charge is 0.472 e. The molecule has 1 atom stereocenters. The Morgan fingerprint density at radius 3 is 2.88 bits per heavy atom. The first-order valence-corrected chi connectivity index (χ1v) is 6.18. The quantitative estimate of drug-likeness (QED) is 0.736. The summed E-state index contributed by atoms with van der Waals surface area (Å²) in [6, 6.07) is 2.39. The lowest BCUT2D eigenvalue weighted by Gasteiger charge is -2.18. The molecule has 3 nitrogen and oxygen atoms in total. The molecule has 16 heavy (non-hydrogen) atoms. The molecule has 1 N–H and O–H groups in total. The molecule has 0 amide bonds. The molecule has 0 saturated carbocycles. The minimum Gasteiger partial charge on any atom is -0.472 e. The van der Waals surface area contributed by atoms with Gasteiger partial charge in [-0.2, -0.15) is 0 Å². The lowest BCUT2D eigenvalue weighted by molar-refractivity contribution is 0.320. The number of hydrogen-bond acceptors (Lipinski definition) is 3. The van der Waals surface area contributed by atoms with Crippen molar-refractivity contribution >= 4 is 0 Å². The number of hydrogen-bond donors (Lipinski definition) is 1. The first-order chi connectivity index (χ1) is 7.74. The highest BCUT2D eigenvalue weighted by Crippen LogP contribution is 2.11. The third kappa shape index (κ3) is 4.81. The van der Waals surface area contributed by atoms with Gasteiger partial charge < -0.3 is 14.6 Å². The van der Waals surface area contributed by atoms with Crippen molar-refractivity contribution in [1.82, 2.24) is 10.2 Å². The summed E-state index contributed by atoms with van der Waals surface area (Å²) in [5.74, 6) is 0. The summed E-state index contributed by atoms with van der Waals surface area (Å²) in [5.41, 5.74) is 1.22. The molecule has 0 bridgehead atoms. The predicted octanol–water partition coefficient (Wildman–Crippen LogP) is 2.66. The van der Waals surface area contributed by atoms with Gasteiger partial charge in [0.1, 0.15) is 0 Å². The van der Waals surface area contributed by atoms with Gasteiger partial charge in [0.05, 0.1) is 12.5 Å². The van der Waals surface area contributed by atoms with Crippen molar-refractivity contribution in [3.8, 4) is 0 Å². The van der Waals surface area contributed by atoms with Crippen molar-refractivity contribution in [3.05, 3.63) is 24.2 Å². The van der Waals surface area contributed by atoms with Crippen LogP contribution in [0.25, 0.3) is 0 Å². The fourth-order valence-electron chi connectivity index (χ4n) is 1.65. The van der Waals surface area contributed by atoms with E-state index in [2.05, 4.69) is 31.1 Å². The SMILES string of the molecule is CCCCN(C)CCNC(C)c1ccoc1. The molecular weight excluding hydrogens is 200 g/mol. The fraction of sp³-hybridized carbons (Fsp3) is 0.692. The summed E-state index contributed by atoms with van der Waals surface area (Å²) in [6.07, 6.45) is 6.08. The first-order valence-electron chi connectivity index (χ1n) is 6.18. The molecule has 1 aromatic rings. The summed E-state index contributed by atoms with van der Waals surface area (Å²) in [4.78, 5) is 2.37. The Hall–Kier alpha value is -0.800. The Bertz CT molecular complexity index is 259. The van der Waals surface area contributed by atoms with Gasteiger partial charge in [0, 0.05) is 24.7 Å². The molecule has 0 fully saturated rings. The zero-order valence-electron chi connectivity index (χ0n) is 10.7. The molecule has 0 radical (unpaired) electrons. The van der Waals surface area contributed by atoms with Gasteiger partial charge in [-0.3, -0.25) is 0 Å². The summed E-state index contributed by atoms with van der Waals surface area (Å²) in [7, 11) is 2.18. The van der Waals surface area contributed by atoms with E-state index >= 15 is 0 Å². The van der Waals surface area contributed by atoms with Gasteiger partial charge in [0.25, 0.3) is 0 Å². The lowest BCUT2D eigenvalue weighted by Crippen LogP contribution is -2.31. The van der Waals surface area contributed by atoms with Crippen LogP contribution in [0.2, 0.25) is 0 Å². The van der Waals surface area contributed by atoms with E-state index in [1.165, 1.54) is 24.9 Å². The van der Waals surface area contributed by atoms with Gasteiger partial charge >= 0.3 is 0 Å². The van der Waals surface area contributed by atoms with Crippen molar-refractivity contribution < 1.29 is 4.42 Å². The minimum absolute atomic E-state index is 0.373. The van der Waals surface area contributed by atoms with Crippen molar-refractivity contribution in [3.63, 3.8) is 0 Å². The highest BCUT2D eigenvalue weighted by molar-refractivity contribution is 5.10. The van der Waals surface area contributed by atoms with E-state index in [9.17, 15) is 0 Å². The molecule has 1 rings (SSSR count). The fourth-order valence-corrected chi connectivity index (χ4v) is 1.65. The smallest absolute Gasteiger partial charge is 0.0950 e. The van der Waals surface area contributed by atoms with Crippen LogP contribution in [0.4, 0.5) is 0 Å². The molecule has 0 aliphatic heterocycles. The highest BCUT2D eigenvalue weighted by atomic mass is 16.3. The zero-order chi connectivity index (χ0) is 11.8. The van der Waals surface area contributed by atoms with Crippen LogP contribution >= 0.6 is 0 Å². The average Bonchev–Trinajstić information content (AvgIpc) is 2.79. The van der Waals surface area contributed by atoms with Gasteiger partial charge in [0.15, 0.2) is 0 Å². The van der Waals surface area contributed by atoms with Gasteiger partial charge in [-0.15, -0.1) is 0 Å². The Morgan fingerprint density at radius 2 is 2.25 bits per heavy atom. The van der Waals surface area contributed by atoms with Crippen LogP contribution in [0.1, 0.15) is 38.3 Å². The van der Waals surface area contributed by atoms with Crippen LogP contribution in [0.3, 0.4) is 0 Å². The first kappa shape index (κ1) is 13.3. The summed E-state index contributed by atoms with van der Waals surface area (Å²) < 4.78 is 5.07. The van der Waals surface area contributed by atoms with Gasteiger partial charge in [0.2, 0.25) is 0 Å². The molecule has 0 aromatic carbocycles. The Kier molecular flexibility index (Phi) is 6.19. The van der Waals surface area contributed by atoms with E-state index in [4.69, 9.17) is 4.42 Å². The van der Waals surface area contributed by atoms with Crippen molar-refractivity contribution in [2.75, 3.05) is 26.7 Å². The summed E-state index contributed by atoms with van der Waals surface area (Å²) in [6.45, 7) is 7.71. The Labute approximate surface area is 98.8 Å². The maximum Gasteiger partial charge on any atom is 0.0950 e. The van der Waals surface area contributed by atoms with E-state index in [1.54, 1.807) is 12.5 Å². The summed E-state index contributed by atoms with van der Waals surface area (Å²) >= 11 is 0. The molecule has 0 spiro atoms. The van der Waals surface area contributed by atoms with Crippen LogP contribution in [0.5, 0.6) is 0 Å². The second-order valence-electron chi connectivity index (χ2n) is 4.39. The molecule has 92 valence electrons. The molecular formula is C13H24N2O. The van der Waals surface area contributed by atoms with E-state index in [-0.39, 0.29) is 0 Å². The maximum atomic E-state index is 5.07. The number of likely N-dealkylation sites (N-methyl/N-ethyl adjacent to an activating group) is 1. The van der Waals surface area contributed by atoms with E-state index in [0.29, 0.717) is 6.04 Å². The predicted molar refractivity (Wildman–Crippen MR) is 67.5 cm³/mol. The van der Waals surface area contributed by atoms with Crippen molar-refractivity contribution in [1.29, 1.82) is 0 Å². The normalized spacial score (nSPS) is 13.2. The summed E-state index contributed by atoms with van der Waals surface area (Å²) in [5, 5.41) is 3.49. The number of rotatable bonds is 8. The number of nitrogens with zero attached hydrogens (tertiary/aromatic N) is 1. The Morgan fingerprint density at radius 1 is 1.44 bits per heavy atom. The number of nitrogens with one attached hydrogen (secondary N) is 1. The van der Waals surface area contributed by atoms with Crippen molar-refractivity contribution in [2.24, 2.45) is 0 Å².